The Bertz CT molecular complexity index is 190. The molecule has 1 saturated heterocycles. The lowest BCUT2D eigenvalue weighted by Gasteiger charge is -2.22. The smallest absolute Gasteiger partial charge is 0.221 e. The fraction of sp³-hybridized carbons (Fsp3) is 0.900. The van der Waals surface area contributed by atoms with Crippen LogP contribution in [0.15, 0.2) is 0 Å². The molecule has 4 nitrogen and oxygen atoms in total. The molecule has 1 heterocycles. The molecule has 1 amide bonds. The van der Waals surface area contributed by atoms with Gasteiger partial charge in [-0.3, -0.25) is 4.79 Å². The molecule has 6 heteroatoms. The summed E-state index contributed by atoms with van der Waals surface area (Å²) in [4.78, 5) is 11.5. The van der Waals surface area contributed by atoms with Crippen molar-refractivity contribution < 1.29 is 9.53 Å². The first-order valence-corrected chi connectivity index (χ1v) is 6.64. The van der Waals surface area contributed by atoms with Gasteiger partial charge in [0.2, 0.25) is 5.91 Å². The largest absolute Gasteiger partial charge is 0.380 e. The van der Waals surface area contributed by atoms with Crippen LogP contribution < -0.4 is 10.6 Å². The summed E-state index contributed by atoms with van der Waals surface area (Å²) in [5, 5.41) is 6.19. The zero-order chi connectivity index (χ0) is 10.9. The molecule has 1 aliphatic rings. The second kappa shape index (κ2) is 10.2. The molecule has 2 N–H and O–H groups in total. The topological polar surface area (TPSA) is 50.4 Å². The van der Waals surface area contributed by atoms with E-state index in [-0.39, 0.29) is 18.3 Å². The number of thioether (sulfide) groups is 1. The summed E-state index contributed by atoms with van der Waals surface area (Å²) in [7, 11) is 0. The van der Waals surface area contributed by atoms with E-state index >= 15 is 0 Å². The van der Waals surface area contributed by atoms with Crippen LogP contribution in [-0.2, 0) is 9.53 Å². The van der Waals surface area contributed by atoms with Crippen molar-refractivity contribution in [3.8, 4) is 0 Å². The molecule has 0 aromatic heterocycles. The molecule has 0 saturated carbocycles. The SMILES string of the molecule is CCOCCNC(=O)CC1CSCCN1.Cl. The van der Waals surface area contributed by atoms with Crippen LogP contribution in [0.3, 0.4) is 0 Å². The van der Waals surface area contributed by atoms with Gasteiger partial charge in [-0.2, -0.15) is 11.8 Å². The van der Waals surface area contributed by atoms with Crippen LogP contribution in [0.1, 0.15) is 13.3 Å². The van der Waals surface area contributed by atoms with Gasteiger partial charge in [-0.05, 0) is 6.92 Å². The predicted molar refractivity (Wildman–Crippen MR) is 70.5 cm³/mol. The third kappa shape index (κ3) is 7.33. The van der Waals surface area contributed by atoms with Gasteiger partial charge in [0.1, 0.15) is 0 Å². The van der Waals surface area contributed by atoms with E-state index in [1.807, 2.05) is 18.7 Å². The highest BCUT2D eigenvalue weighted by Crippen LogP contribution is 2.09. The van der Waals surface area contributed by atoms with Gasteiger partial charge < -0.3 is 15.4 Å². The van der Waals surface area contributed by atoms with Gasteiger partial charge in [0.05, 0.1) is 6.61 Å². The highest BCUT2D eigenvalue weighted by Gasteiger charge is 2.15. The minimum absolute atomic E-state index is 0. The molecule has 0 aromatic carbocycles. The summed E-state index contributed by atoms with van der Waals surface area (Å²) in [6.45, 7) is 4.89. The van der Waals surface area contributed by atoms with Gasteiger partial charge in [0, 0.05) is 43.7 Å². The van der Waals surface area contributed by atoms with Gasteiger partial charge in [-0.25, -0.2) is 0 Å². The second-order valence-electron chi connectivity index (χ2n) is 3.48. The highest BCUT2D eigenvalue weighted by molar-refractivity contribution is 7.99. The zero-order valence-electron chi connectivity index (χ0n) is 9.66. The van der Waals surface area contributed by atoms with E-state index in [0.29, 0.717) is 32.2 Å². The van der Waals surface area contributed by atoms with E-state index in [2.05, 4.69) is 10.6 Å². The van der Waals surface area contributed by atoms with E-state index in [0.717, 1.165) is 18.1 Å². The molecule has 1 fully saturated rings. The lowest BCUT2D eigenvalue weighted by Crippen LogP contribution is -2.41. The fourth-order valence-corrected chi connectivity index (χ4v) is 2.40. The van der Waals surface area contributed by atoms with Crippen molar-refractivity contribution in [3.05, 3.63) is 0 Å². The Kier molecular flexibility index (Phi) is 10.2. The maximum Gasteiger partial charge on any atom is 0.221 e. The lowest BCUT2D eigenvalue weighted by atomic mass is 10.2. The van der Waals surface area contributed by atoms with Crippen molar-refractivity contribution in [1.29, 1.82) is 0 Å². The van der Waals surface area contributed by atoms with Crippen LogP contribution in [0.4, 0.5) is 0 Å². The van der Waals surface area contributed by atoms with Crippen LogP contribution in [0, 0.1) is 0 Å². The number of ether oxygens (including phenoxy) is 1. The molecule has 1 rings (SSSR count). The van der Waals surface area contributed by atoms with E-state index in [4.69, 9.17) is 4.74 Å². The minimum atomic E-state index is 0. The van der Waals surface area contributed by atoms with E-state index < -0.39 is 0 Å². The first-order valence-electron chi connectivity index (χ1n) is 5.48. The highest BCUT2D eigenvalue weighted by atomic mass is 35.5. The van der Waals surface area contributed by atoms with E-state index in [9.17, 15) is 4.79 Å². The summed E-state index contributed by atoms with van der Waals surface area (Å²) >= 11 is 1.91. The molecule has 96 valence electrons. The zero-order valence-corrected chi connectivity index (χ0v) is 11.3. The Morgan fingerprint density at radius 2 is 2.44 bits per heavy atom. The quantitative estimate of drug-likeness (QED) is 0.695. The summed E-state index contributed by atoms with van der Waals surface area (Å²) < 4.78 is 5.14. The first kappa shape index (κ1) is 16.0. The Hall–Kier alpha value is 0.0300. The summed E-state index contributed by atoms with van der Waals surface area (Å²) in [6, 6.07) is 0.343. The summed E-state index contributed by atoms with van der Waals surface area (Å²) in [6.07, 6.45) is 0.582. The molecule has 1 unspecified atom stereocenters. The maximum absolute atomic E-state index is 11.5. The number of halogens is 1. The monoisotopic (exact) mass is 268 g/mol. The summed E-state index contributed by atoms with van der Waals surface area (Å²) in [5.74, 6) is 2.32. The molecule has 0 aliphatic carbocycles. The number of nitrogens with one attached hydrogen (secondary N) is 2. The van der Waals surface area contributed by atoms with Gasteiger partial charge >= 0.3 is 0 Å². The maximum atomic E-state index is 11.5. The minimum Gasteiger partial charge on any atom is -0.380 e. The summed E-state index contributed by atoms with van der Waals surface area (Å²) in [5.41, 5.74) is 0. The van der Waals surface area contributed by atoms with Crippen LogP contribution in [0.5, 0.6) is 0 Å². The van der Waals surface area contributed by atoms with Gasteiger partial charge in [0.15, 0.2) is 0 Å². The van der Waals surface area contributed by atoms with Crippen molar-refractivity contribution in [2.75, 3.05) is 37.8 Å². The third-order valence-electron chi connectivity index (χ3n) is 2.20. The molecule has 1 atom stereocenters. The van der Waals surface area contributed by atoms with Gasteiger partial charge in [-0.1, -0.05) is 0 Å². The number of hydrogen-bond donors (Lipinski definition) is 2. The van der Waals surface area contributed by atoms with E-state index in [1.165, 1.54) is 0 Å². The Balaban J connectivity index is 0.00000225. The Morgan fingerprint density at radius 3 is 3.06 bits per heavy atom. The number of amides is 1. The van der Waals surface area contributed by atoms with Crippen molar-refractivity contribution in [2.45, 2.75) is 19.4 Å². The van der Waals surface area contributed by atoms with Crippen molar-refractivity contribution >= 4 is 30.1 Å². The predicted octanol–water partition coefficient (Wildman–Crippen LogP) is 0.656. The standard InChI is InChI=1S/C10H20N2O2S.ClH/c1-2-14-5-3-12-10(13)7-9-8-15-6-4-11-9;/h9,11H,2-8H2,1H3,(H,12,13);1H. The second-order valence-corrected chi connectivity index (χ2v) is 4.63. The Morgan fingerprint density at radius 1 is 1.62 bits per heavy atom. The Labute approximate surface area is 108 Å². The van der Waals surface area contributed by atoms with Crippen molar-refractivity contribution in [2.24, 2.45) is 0 Å². The third-order valence-corrected chi connectivity index (χ3v) is 3.33. The van der Waals surface area contributed by atoms with E-state index in [1.54, 1.807) is 0 Å². The lowest BCUT2D eigenvalue weighted by molar-refractivity contribution is -0.121. The molecule has 16 heavy (non-hydrogen) atoms. The van der Waals surface area contributed by atoms with Crippen LogP contribution in [0.2, 0.25) is 0 Å². The molecule has 0 spiro atoms. The van der Waals surface area contributed by atoms with Crippen molar-refractivity contribution in [1.82, 2.24) is 10.6 Å². The number of hydrogen-bond acceptors (Lipinski definition) is 4. The number of carbonyl (C=O) groups is 1. The molecular formula is C10H21ClN2O2S. The van der Waals surface area contributed by atoms with Crippen molar-refractivity contribution in [3.63, 3.8) is 0 Å². The fourth-order valence-electron chi connectivity index (χ4n) is 1.45. The number of rotatable bonds is 6. The molecule has 0 radical (unpaired) electrons. The number of carbonyl (C=O) groups excluding carboxylic acids is 1. The molecule has 0 bridgehead atoms. The van der Waals surface area contributed by atoms with Crippen LogP contribution >= 0.6 is 24.2 Å². The average Bonchev–Trinajstić information content (AvgIpc) is 2.26. The average molecular weight is 269 g/mol. The first-order chi connectivity index (χ1) is 7.33. The molecule has 1 aliphatic heterocycles. The van der Waals surface area contributed by atoms with Crippen LogP contribution in [0.25, 0.3) is 0 Å². The van der Waals surface area contributed by atoms with Gasteiger partial charge in [-0.15, -0.1) is 12.4 Å². The van der Waals surface area contributed by atoms with Gasteiger partial charge in [0.25, 0.3) is 0 Å². The normalized spacial score (nSPS) is 19.9. The molecule has 0 aromatic rings. The van der Waals surface area contributed by atoms with Crippen LogP contribution in [-0.4, -0.2) is 49.8 Å². The molecular weight excluding hydrogens is 248 g/mol.